The smallest absolute Gasteiger partial charge is 0.232 e. The summed E-state index contributed by atoms with van der Waals surface area (Å²) in [6.45, 7) is 2.32. The Hall–Kier alpha value is -1.27. The number of nitrogens with two attached hydrogens (primary N) is 1. The Balaban J connectivity index is 2.69. The number of nitrogens with one attached hydrogen (secondary N) is 1. The number of methoxy groups -OCH3 is 1. The number of rotatable bonds is 6. The molecular weight excluding hydrogens is 240 g/mol. The fraction of sp³-hybridized carbons (Fsp3) is 0.455. The topological polar surface area (TPSA) is 81.4 Å². The maximum Gasteiger partial charge on any atom is 0.232 e. The third-order valence-electron chi connectivity index (χ3n) is 2.23. The molecule has 0 saturated carbocycles. The minimum Gasteiger partial charge on any atom is -0.397 e. The van der Waals surface area contributed by atoms with Crippen molar-refractivity contribution in [3.05, 3.63) is 23.8 Å². The number of sulfonamides is 1. The van der Waals surface area contributed by atoms with Gasteiger partial charge in [-0.3, -0.25) is 4.72 Å². The summed E-state index contributed by atoms with van der Waals surface area (Å²) in [6.07, 6.45) is 0.456. The molecule has 0 aromatic heterocycles. The fourth-order valence-electron chi connectivity index (χ4n) is 1.39. The van der Waals surface area contributed by atoms with E-state index in [2.05, 4.69) is 4.72 Å². The van der Waals surface area contributed by atoms with E-state index in [4.69, 9.17) is 10.5 Å². The van der Waals surface area contributed by atoms with Crippen LogP contribution >= 0.6 is 0 Å². The summed E-state index contributed by atoms with van der Waals surface area (Å²) in [7, 11) is -1.81. The Morgan fingerprint density at radius 1 is 1.41 bits per heavy atom. The molecule has 0 atom stereocenters. The zero-order chi connectivity index (χ0) is 12.9. The van der Waals surface area contributed by atoms with Crippen molar-refractivity contribution < 1.29 is 13.2 Å². The zero-order valence-electron chi connectivity index (χ0n) is 10.1. The standard InChI is InChI=1S/C11H18N2O3S/c1-9-4-5-11(10(12)8-9)13-17(14,15)7-3-6-16-2/h4-5,8,13H,3,6-7,12H2,1-2H3. The Labute approximate surface area is 102 Å². The van der Waals surface area contributed by atoms with Crippen LogP contribution in [0.5, 0.6) is 0 Å². The third-order valence-corrected chi connectivity index (χ3v) is 3.59. The number of nitrogen functional groups attached to an aromatic ring is 1. The van der Waals surface area contributed by atoms with Gasteiger partial charge in [0.2, 0.25) is 10.0 Å². The molecule has 0 heterocycles. The van der Waals surface area contributed by atoms with Gasteiger partial charge in [-0.25, -0.2) is 8.42 Å². The van der Waals surface area contributed by atoms with Crippen LogP contribution in [0.4, 0.5) is 11.4 Å². The molecule has 17 heavy (non-hydrogen) atoms. The van der Waals surface area contributed by atoms with Gasteiger partial charge in [-0.05, 0) is 31.0 Å². The summed E-state index contributed by atoms with van der Waals surface area (Å²) in [5.74, 6) is 0.0220. The highest BCUT2D eigenvalue weighted by Gasteiger charge is 2.11. The summed E-state index contributed by atoms with van der Waals surface area (Å²) in [5.41, 5.74) is 7.58. The van der Waals surface area contributed by atoms with Gasteiger partial charge in [0, 0.05) is 13.7 Å². The maximum absolute atomic E-state index is 11.7. The monoisotopic (exact) mass is 258 g/mol. The molecule has 1 rings (SSSR count). The van der Waals surface area contributed by atoms with E-state index >= 15 is 0 Å². The van der Waals surface area contributed by atoms with Gasteiger partial charge >= 0.3 is 0 Å². The molecule has 0 aliphatic rings. The average Bonchev–Trinajstić information content (AvgIpc) is 2.22. The number of hydrogen-bond acceptors (Lipinski definition) is 4. The van der Waals surface area contributed by atoms with Crippen molar-refractivity contribution in [2.75, 3.05) is 29.9 Å². The van der Waals surface area contributed by atoms with Crippen LogP contribution in [0.15, 0.2) is 18.2 Å². The van der Waals surface area contributed by atoms with Crippen molar-refractivity contribution in [1.82, 2.24) is 0 Å². The first kappa shape index (κ1) is 13.8. The van der Waals surface area contributed by atoms with Gasteiger partial charge in [-0.15, -0.1) is 0 Å². The number of ether oxygens (including phenoxy) is 1. The number of benzene rings is 1. The lowest BCUT2D eigenvalue weighted by Gasteiger charge is -2.10. The summed E-state index contributed by atoms with van der Waals surface area (Å²) < 4.78 is 30.7. The second-order valence-electron chi connectivity index (χ2n) is 3.86. The van der Waals surface area contributed by atoms with Crippen molar-refractivity contribution in [3.8, 4) is 0 Å². The second kappa shape index (κ2) is 5.88. The Kier molecular flexibility index (Phi) is 4.77. The van der Waals surface area contributed by atoms with E-state index in [9.17, 15) is 8.42 Å². The summed E-state index contributed by atoms with van der Waals surface area (Å²) in [5, 5.41) is 0. The molecular formula is C11H18N2O3S. The van der Waals surface area contributed by atoms with Crippen molar-refractivity contribution in [2.45, 2.75) is 13.3 Å². The molecule has 5 nitrogen and oxygen atoms in total. The lowest BCUT2D eigenvalue weighted by Crippen LogP contribution is -2.18. The van der Waals surface area contributed by atoms with Crippen molar-refractivity contribution in [3.63, 3.8) is 0 Å². The van der Waals surface area contributed by atoms with E-state index in [1.165, 1.54) is 7.11 Å². The van der Waals surface area contributed by atoms with Gasteiger partial charge in [-0.2, -0.15) is 0 Å². The molecule has 0 saturated heterocycles. The van der Waals surface area contributed by atoms with Gasteiger partial charge < -0.3 is 10.5 Å². The van der Waals surface area contributed by atoms with Crippen LogP contribution in [-0.2, 0) is 14.8 Å². The van der Waals surface area contributed by atoms with E-state index in [-0.39, 0.29) is 5.75 Å². The van der Waals surface area contributed by atoms with Crippen LogP contribution in [0.25, 0.3) is 0 Å². The first-order chi connectivity index (χ1) is 7.94. The lowest BCUT2D eigenvalue weighted by molar-refractivity contribution is 0.199. The van der Waals surface area contributed by atoms with Gasteiger partial charge in [0.05, 0.1) is 17.1 Å². The largest absolute Gasteiger partial charge is 0.397 e. The SMILES string of the molecule is COCCCS(=O)(=O)Nc1ccc(C)cc1N. The van der Waals surface area contributed by atoms with Crippen LogP contribution in [0.1, 0.15) is 12.0 Å². The molecule has 0 unspecified atom stereocenters. The number of hydrogen-bond donors (Lipinski definition) is 2. The van der Waals surface area contributed by atoms with Crippen LogP contribution in [0.2, 0.25) is 0 Å². The van der Waals surface area contributed by atoms with E-state index in [1.807, 2.05) is 13.0 Å². The molecule has 0 amide bonds. The van der Waals surface area contributed by atoms with E-state index in [0.717, 1.165) is 5.56 Å². The molecule has 6 heteroatoms. The molecule has 0 aliphatic carbocycles. The van der Waals surface area contributed by atoms with Crippen molar-refractivity contribution in [2.24, 2.45) is 0 Å². The number of anilines is 2. The first-order valence-electron chi connectivity index (χ1n) is 5.30. The molecule has 0 aliphatic heterocycles. The third kappa shape index (κ3) is 4.62. The van der Waals surface area contributed by atoms with Crippen LogP contribution in [0, 0.1) is 6.92 Å². The molecule has 1 aromatic carbocycles. The Morgan fingerprint density at radius 3 is 2.71 bits per heavy atom. The predicted molar refractivity (Wildman–Crippen MR) is 69.5 cm³/mol. The molecule has 3 N–H and O–H groups in total. The molecule has 0 spiro atoms. The average molecular weight is 258 g/mol. The highest BCUT2D eigenvalue weighted by Crippen LogP contribution is 2.20. The van der Waals surface area contributed by atoms with E-state index < -0.39 is 10.0 Å². The van der Waals surface area contributed by atoms with Crippen molar-refractivity contribution >= 4 is 21.4 Å². The minimum absolute atomic E-state index is 0.0220. The lowest BCUT2D eigenvalue weighted by atomic mass is 10.2. The summed E-state index contributed by atoms with van der Waals surface area (Å²) in [4.78, 5) is 0. The zero-order valence-corrected chi connectivity index (χ0v) is 10.9. The van der Waals surface area contributed by atoms with Crippen molar-refractivity contribution in [1.29, 1.82) is 0 Å². The van der Waals surface area contributed by atoms with E-state index in [1.54, 1.807) is 12.1 Å². The Bertz CT molecular complexity index is 472. The highest BCUT2D eigenvalue weighted by molar-refractivity contribution is 7.92. The van der Waals surface area contributed by atoms with Gasteiger partial charge in [0.15, 0.2) is 0 Å². The van der Waals surface area contributed by atoms with Crippen LogP contribution in [-0.4, -0.2) is 27.9 Å². The molecule has 0 fully saturated rings. The maximum atomic E-state index is 11.7. The normalized spacial score (nSPS) is 11.4. The van der Waals surface area contributed by atoms with Gasteiger partial charge in [-0.1, -0.05) is 6.07 Å². The second-order valence-corrected chi connectivity index (χ2v) is 5.70. The fourth-order valence-corrected chi connectivity index (χ4v) is 2.51. The van der Waals surface area contributed by atoms with Gasteiger partial charge in [0.1, 0.15) is 0 Å². The predicted octanol–water partition coefficient (Wildman–Crippen LogP) is 1.36. The van der Waals surface area contributed by atoms with E-state index in [0.29, 0.717) is 24.4 Å². The number of aryl methyl sites for hydroxylation is 1. The quantitative estimate of drug-likeness (QED) is 0.596. The molecule has 0 bridgehead atoms. The Morgan fingerprint density at radius 2 is 2.12 bits per heavy atom. The first-order valence-corrected chi connectivity index (χ1v) is 6.95. The molecule has 96 valence electrons. The van der Waals surface area contributed by atoms with Crippen LogP contribution in [0.3, 0.4) is 0 Å². The summed E-state index contributed by atoms with van der Waals surface area (Å²) >= 11 is 0. The molecule has 0 radical (unpaired) electrons. The van der Waals surface area contributed by atoms with Gasteiger partial charge in [0.25, 0.3) is 0 Å². The summed E-state index contributed by atoms with van der Waals surface area (Å²) in [6, 6.07) is 5.20. The highest BCUT2D eigenvalue weighted by atomic mass is 32.2. The van der Waals surface area contributed by atoms with Crippen LogP contribution < -0.4 is 10.5 Å². The minimum atomic E-state index is -3.35. The molecule has 1 aromatic rings.